The Labute approximate surface area is 168 Å². The summed E-state index contributed by atoms with van der Waals surface area (Å²) in [5, 5.41) is 21.1. The first-order chi connectivity index (χ1) is 12.8. The van der Waals surface area contributed by atoms with Crippen molar-refractivity contribution in [2.24, 2.45) is 0 Å². The van der Waals surface area contributed by atoms with Crippen molar-refractivity contribution in [3.8, 4) is 28.5 Å². The lowest BCUT2D eigenvalue weighted by Crippen LogP contribution is -2.04. The molecule has 134 valence electrons. The largest absolute Gasteiger partial charge is 0.383 e. The summed E-state index contributed by atoms with van der Waals surface area (Å²) in [6.45, 7) is 1.79. The first-order valence-electron chi connectivity index (χ1n) is 7.74. The van der Waals surface area contributed by atoms with Gasteiger partial charge in [0.2, 0.25) is 0 Å². The van der Waals surface area contributed by atoms with E-state index in [1.165, 1.54) is 18.2 Å². The minimum atomic E-state index is -0.513. The van der Waals surface area contributed by atoms with Gasteiger partial charge in [0.1, 0.15) is 17.5 Å². The Bertz CT molecular complexity index is 1110. The van der Waals surface area contributed by atoms with Crippen LogP contribution in [0.15, 0.2) is 46.9 Å². The molecule has 0 aliphatic rings. The molecule has 0 fully saturated rings. The number of anilines is 1. The Kier molecular flexibility index (Phi) is 5.13. The van der Waals surface area contributed by atoms with Crippen LogP contribution in [0, 0.1) is 28.4 Å². The van der Waals surface area contributed by atoms with E-state index >= 15 is 0 Å². The molecule has 6 nitrogen and oxygen atoms in total. The van der Waals surface area contributed by atoms with Gasteiger partial charge in [-0.3, -0.25) is 10.1 Å². The number of nitriles is 1. The molecule has 0 amide bonds. The van der Waals surface area contributed by atoms with E-state index in [9.17, 15) is 15.4 Å². The molecule has 0 radical (unpaired) electrons. The van der Waals surface area contributed by atoms with Crippen LogP contribution in [-0.4, -0.2) is 9.91 Å². The van der Waals surface area contributed by atoms with Gasteiger partial charge < -0.3 is 5.73 Å². The van der Waals surface area contributed by atoms with Crippen LogP contribution in [0.5, 0.6) is 0 Å². The van der Waals surface area contributed by atoms with Crippen molar-refractivity contribution in [2.75, 3.05) is 5.73 Å². The van der Waals surface area contributed by atoms with Gasteiger partial charge in [0, 0.05) is 38.3 Å². The van der Waals surface area contributed by atoms with E-state index in [1.54, 1.807) is 6.92 Å². The van der Waals surface area contributed by atoms with Gasteiger partial charge in [0.25, 0.3) is 5.69 Å². The maximum Gasteiger partial charge on any atom is 0.270 e. The van der Waals surface area contributed by atoms with Crippen LogP contribution in [0.4, 0.5) is 11.5 Å². The molecule has 27 heavy (non-hydrogen) atoms. The molecule has 8 heteroatoms. The molecule has 2 aromatic carbocycles. The third kappa shape index (κ3) is 3.50. The summed E-state index contributed by atoms with van der Waals surface area (Å²) < 4.78 is 0.910. The van der Waals surface area contributed by atoms with Crippen molar-refractivity contribution >= 4 is 39.0 Å². The van der Waals surface area contributed by atoms with Gasteiger partial charge >= 0.3 is 0 Å². The molecule has 0 spiro atoms. The van der Waals surface area contributed by atoms with Gasteiger partial charge in [0.15, 0.2) is 0 Å². The van der Waals surface area contributed by atoms with E-state index < -0.39 is 4.92 Å². The molecule has 2 N–H and O–H groups in total. The third-order valence-electron chi connectivity index (χ3n) is 4.13. The maximum atomic E-state index is 11.2. The lowest BCUT2D eigenvalue weighted by atomic mass is 9.92. The van der Waals surface area contributed by atoms with Gasteiger partial charge in [0.05, 0.1) is 10.6 Å². The van der Waals surface area contributed by atoms with Crippen molar-refractivity contribution in [1.82, 2.24) is 4.98 Å². The van der Waals surface area contributed by atoms with Crippen molar-refractivity contribution in [3.05, 3.63) is 73.2 Å². The lowest BCUT2D eigenvalue weighted by molar-refractivity contribution is -0.384. The van der Waals surface area contributed by atoms with E-state index in [4.69, 9.17) is 17.3 Å². The van der Waals surface area contributed by atoms with E-state index in [0.29, 0.717) is 22.4 Å². The van der Waals surface area contributed by atoms with Gasteiger partial charge in [-0.15, -0.1) is 0 Å². The van der Waals surface area contributed by atoms with E-state index in [1.807, 2.05) is 30.3 Å². The van der Waals surface area contributed by atoms with E-state index in [2.05, 4.69) is 20.9 Å². The number of nitro benzene ring substituents is 1. The highest BCUT2D eigenvalue weighted by molar-refractivity contribution is 9.10. The number of nitrogen functional groups attached to an aromatic ring is 1. The van der Waals surface area contributed by atoms with E-state index in [0.717, 1.165) is 10.0 Å². The molecular formula is C19H12BrClN4O2. The first kappa shape index (κ1) is 18.8. The fourth-order valence-corrected chi connectivity index (χ4v) is 3.33. The topological polar surface area (TPSA) is 106 Å². The number of hydrogen-bond donors (Lipinski definition) is 1. The number of non-ortho nitro benzene ring substituents is 1. The number of halogens is 2. The van der Waals surface area contributed by atoms with Crippen LogP contribution >= 0.6 is 27.5 Å². The number of benzene rings is 2. The van der Waals surface area contributed by atoms with Gasteiger partial charge in [-0.2, -0.15) is 5.26 Å². The minimum absolute atomic E-state index is 0.0404. The fraction of sp³-hybridized carbons (Fsp3) is 0.0526. The smallest absolute Gasteiger partial charge is 0.270 e. The van der Waals surface area contributed by atoms with Crippen LogP contribution in [0.2, 0.25) is 5.02 Å². The number of hydrogen-bond acceptors (Lipinski definition) is 5. The second kappa shape index (κ2) is 7.35. The second-order valence-electron chi connectivity index (χ2n) is 5.76. The number of aromatic nitrogens is 1. The zero-order chi connectivity index (χ0) is 19.7. The molecular weight excluding hydrogens is 432 g/mol. The van der Waals surface area contributed by atoms with Crippen molar-refractivity contribution in [1.29, 1.82) is 5.26 Å². The monoisotopic (exact) mass is 442 g/mol. The Balaban J connectivity index is 2.36. The first-order valence-corrected chi connectivity index (χ1v) is 8.91. The van der Waals surface area contributed by atoms with Crippen LogP contribution in [0.25, 0.3) is 22.4 Å². The zero-order valence-electron chi connectivity index (χ0n) is 14.0. The Morgan fingerprint density at radius 2 is 1.93 bits per heavy atom. The number of rotatable bonds is 3. The van der Waals surface area contributed by atoms with Crippen LogP contribution in [0.3, 0.4) is 0 Å². The van der Waals surface area contributed by atoms with Crippen LogP contribution in [-0.2, 0) is 0 Å². The van der Waals surface area contributed by atoms with Crippen LogP contribution in [0.1, 0.15) is 11.1 Å². The van der Waals surface area contributed by atoms with Crippen molar-refractivity contribution in [3.63, 3.8) is 0 Å². The van der Waals surface area contributed by atoms with Crippen molar-refractivity contribution < 1.29 is 4.92 Å². The summed E-state index contributed by atoms with van der Waals surface area (Å²) in [6, 6.07) is 13.6. The Hall–Kier alpha value is -2.95. The summed E-state index contributed by atoms with van der Waals surface area (Å²) in [5.41, 5.74) is 8.89. The maximum absolute atomic E-state index is 11.2. The molecule has 1 heterocycles. The van der Waals surface area contributed by atoms with E-state index in [-0.39, 0.29) is 22.1 Å². The van der Waals surface area contributed by atoms with Gasteiger partial charge in [-0.25, -0.2) is 4.98 Å². The number of nitrogens with zero attached hydrogens (tertiary/aromatic N) is 3. The molecule has 3 rings (SSSR count). The Morgan fingerprint density at radius 3 is 2.52 bits per heavy atom. The SMILES string of the molecule is Cc1c(-c2ccc(Br)cc2)nc(N)c(C#N)c1-c1cc([N+](=O)[O-])ccc1Cl. The minimum Gasteiger partial charge on any atom is -0.383 e. The second-order valence-corrected chi connectivity index (χ2v) is 7.08. The Morgan fingerprint density at radius 1 is 1.26 bits per heavy atom. The lowest BCUT2D eigenvalue weighted by Gasteiger charge is -2.16. The quantitative estimate of drug-likeness (QED) is 0.425. The highest BCUT2D eigenvalue weighted by Crippen LogP contribution is 2.40. The summed E-state index contributed by atoms with van der Waals surface area (Å²) in [6.07, 6.45) is 0. The number of nitrogens with two attached hydrogens (primary N) is 1. The molecule has 0 aliphatic carbocycles. The molecule has 0 bridgehead atoms. The molecule has 0 aliphatic heterocycles. The highest BCUT2D eigenvalue weighted by Gasteiger charge is 2.22. The van der Waals surface area contributed by atoms with Gasteiger partial charge in [-0.05, 0) is 30.7 Å². The molecule has 0 saturated carbocycles. The zero-order valence-corrected chi connectivity index (χ0v) is 16.4. The summed E-state index contributed by atoms with van der Waals surface area (Å²) >= 11 is 9.69. The standard InChI is InChI=1S/C19H12BrClN4O2/c1-10-17(14-8-13(25(26)27)6-7-16(14)21)15(9-22)19(23)24-18(10)11-2-4-12(20)5-3-11/h2-8H,1H3,(H2,23,24). The summed E-state index contributed by atoms with van der Waals surface area (Å²) in [5.74, 6) is 0.0404. The number of nitro groups is 1. The van der Waals surface area contributed by atoms with Gasteiger partial charge in [-0.1, -0.05) is 39.7 Å². The average molecular weight is 444 g/mol. The van der Waals surface area contributed by atoms with Crippen LogP contribution < -0.4 is 5.73 Å². The molecule has 0 saturated heterocycles. The summed E-state index contributed by atoms with van der Waals surface area (Å²) in [4.78, 5) is 15.0. The molecule has 1 aromatic heterocycles. The number of pyridine rings is 1. The predicted octanol–water partition coefficient (Wildman–Crippen LogP) is 5.50. The molecule has 0 atom stereocenters. The highest BCUT2D eigenvalue weighted by atomic mass is 79.9. The van der Waals surface area contributed by atoms with Crippen molar-refractivity contribution in [2.45, 2.75) is 6.92 Å². The predicted molar refractivity (Wildman–Crippen MR) is 108 cm³/mol. The normalized spacial score (nSPS) is 10.4. The summed E-state index contributed by atoms with van der Waals surface area (Å²) in [7, 11) is 0. The molecule has 3 aromatic rings. The third-order valence-corrected chi connectivity index (χ3v) is 4.99. The molecule has 0 unspecified atom stereocenters. The average Bonchev–Trinajstić information content (AvgIpc) is 2.64. The fourth-order valence-electron chi connectivity index (χ4n) is 2.85.